The molecule has 0 aliphatic carbocycles. The lowest BCUT2D eigenvalue weighted by Crippen LogP contribution is -2.22. The highest BCUT2D eigenvalue weighted by Crippen LogP contribution is 2.04. The first-order valence-corrected chi connectivity index (χ1v) is 5.65. The van der Waals surface area contributed by atoms with Crippen molar-refractivity contribution in [3.63, 3.8) is 0 Å². The SMILES string of the molecule is CCc1ccc(CNCC(C)CO)cc1. The molecule has 15 heavy (non-hydrogen) atoms. The second kappa shape index (κ2) is 6.59. The van der Waals surface area contributed by atoms with E-state index in [2.05, 4.69) is 36.5 Å². The fraction of sp³-hybridized carbons (Fsp3) is 0.538. The van der Waals surface area contributed by atoms with Gasteiger partial charge in [-0.1, -0.05) is 38.1 Å². The van der Waals surface area contributed by atoms with Gasteiger partial charge in [0, 0.05) is 19.7 Å². The fourth-order valence-electron chi connectivity index (χ4n) is 1.42. The van der Waals surface area contributed by atoms with Crippen LogP contribution in [-0.2, 0) is 13.0 Å². The third kappa shape index (κ3) is 4.45. The van der Waals surface area contributed by atoms with Crippen molar-refractivity contribution in [2.75, 3.05) is 13.2 Å². The lowest BCUT2D eigenvalue weighted by molar-refractivity contribution is 0.233. The van der Waals surface area contributed by atoms with Crippen LogP contribution in [-0.4, -0.2) is 18.3 Å². The molecule has 1 atom stereocenters. The number of aryl methyl sites for hydroxylation is 1. The first-order valence-electron chi connectivity index (χ1n) is 5.65. The Kier molecular flexibility index (Phi) is 5.37. The first kappa shape index (κ1) is 12.2. The van der Waals surface area contributed by atoms with Gasteiger partial charge in [-0.3, -0.25) is 0 Å². The van der Waals surface area contributed by atoms with Crippen LogP contribution in [0.2, 0.25) is 0 Å². The van der Waals surface area contributed by atoms with E-state index in [9.17, 15) is 0 Å². The molecule has 0 aromatic heterocycles. The van der Waals surface area contributed by atoms with Gasteiger partial charge < -0.3 is 10.4 Å². The summed E-state index contributed by atoms with van der Waals surface area (Å²) in [6.07, 6.45) is 1.09. The molecular weight excluding hydrogens is 186 g/mol. The van der Waals surface area contributed by atoms with E-state index in [0.717, 1.165) is 19.5 Å². The van der Waals surface area contributed by atoms with E-state index in [1.165, 1.54) is 11.1 Å². The molecule has 0 radical (unpaired) electrons. The third-order valence-electron chi connectivity index (χ3n) is 2.56. The zero-order valence-electron chi connectivity index (χ0n) is 9.66. The van der Waals surface area contributed by atoms with Gasteiger partial charge in [0.05, 0.1) is 0 Å². The van der Waals surface area contributed by atoms with Gasteiger partial charge in [-0.25, -0.2) is 0 Å². The van der Waals surface area contributed by atoms with Crippen molar-refractivity contribution in [3.8, 4) is 0 Å². The van der Waals surface area contributed by atoms with Crippen molar-refractivity contribution >= 4 is 0 Å². The Morgan fingerprint density at radius 2 is 1.80 bits per heavy atom. The van der Waals surface area contributed by atoms with E-state index in [4.69, 9.17) is 5.11 Å². The van der Waals surface area contributed by atoms with Gasteiger partial charge in [-0.05, 0) is 23.5 Å². The summed E-state index contributed by atoms with van der Waals surface area (Å²) >= 11 is 0. The second-order valence-corrected chi connectivity index (χ2v) is 4.09. The molecule has 0 saturated carbocycles. The molecule has 1 aromatic rings. The quantitative estimate of drug-likeness (QED) is 0.747. The first-order chi connectivity index (χ1) is 7.26. The van der Waals surface area contributed by atoms with Crippen molar-refractivity contribution in [3.05, 3.63) is 35.4 Å². The highest BCUT2D eigenvalue weighted by Gasteiger charge is 1.98. The number of benzene rings is 1. The maximum absolute atomic E-state index is 8.86. The van der Waals surface area contributed by atoms with Crippen LogP contribution < -0.4 is 5.32 Å². The Labute approximate surface area is 92.3 Å². The van der Waals surface area contributed by atoms with Crippen molar-refractivity contribution < 1.29 is 5.11 Å². The minimum Gasteiger partial charge on any atom is -0.396 e. The molecule has 2 N–H and O–H groups in total. The molecule has 0 fully saturated rings. The molecular formula is C13H21NO. The van der Waals surface area contributed by atoms with E-state index < -0.39 is 0 Å². The van der Waals surface area contributed by atoms with Crippen LogP contribution in [0.4, 0.5) is 0 Å². The van der Waals surface area contributed by atoms with Crippen LogP contribution in [0, 0.1) is 5.92 Å². The molecule has 1 rings (SSSR count). The zero-order valence-corrected chi connectivity index (χ0v) is 9.66. The molecule has 2 heteroatoms. The van der Waals surface area contributed by atoms with Gasteiger partial charge in [0.2, 0.25) is 0 Å². The molecule has 0 bridgehead atoms. The number of rotatable bonds is 6. The molecule has 0 saturated heterocycles. The molecule has 0 amide bonds. The van der Waals surface area contributed by atoms with Gasteiger partial charge in [-0.2, -0.15) is 0 Å². The van der Waals surface area contributed by atoms with E-state index in [1.54, 1.807) is 0 Å². The lowest BCUT2D eigenvalue weighted by Gasteiger charge is -2.09. The van der Waals surface area contributed by atoms with E-state index in [0.29, 0.717) is 5.92 Å². The van der Waals surface area contributed by atoms with E-state index in [-0.39, 0.29) is 6.61 Å². The van der Waals surface area contributed by atoms with Gasteiger partial charge >= 0.3 is 0 Å². The minimum absolute atomic E-state index is 0.252. The Bertz CT molecular complexity index is 268. The summed E-state index contributed by atoms with van der Waals surface area (Å²) in [5, 5.41) is 12.2. The van der Waals surface area contributed by atoms with E-state index in [1.807, 2.05) is 6.92 Å². The second-order valence-electron chi connectivity index (χ2n) is 4.09. The van der Waals surface area contributed by atoms with Gasteiger partial charge in [-0.15, -0.1) is 0 Å². The summed E-state index contributed by atoms with van der Waals surface area (Å²) in [4.78, 5) is 0. The van der Waals surface area contributed by atoms with Crippen LogP contribution in [0.25, 0.3) is 0 Å². The van der Waals surface area contributed by atoms with Gasteiger partial charge in [0.15, 0.2) is 0 Å². The van der Waals surface area contributed by atoms with Gasteiger partial charge in [0.1, 0.15) is 0 Å². The summed E-state index contributed by atoms with van der Waals surface area (Å²) in [7, 11) is 0. The molecule has 0 heterocycles. The fourth-order valence-corrected chi connectivity index (χ4v) is 1.42. The Morgan fingerprint density at radius 1 is 1.20 bits per heavy atom. The summed E-state index contributed by atoms with van der Waals surface area (Å²) in [5.41, 5.74) is 2.68. The Morgan fingerprint density at radius 3 is 2.33 bits per heavy atom. The maximum Gasteiger partial charge on any atom is 0.0468 e. The molecule has 2 nitrogen and oxygen atoms in total. The summed E-state index contributed by atoms with van der Waals surface area (Å²) < 4.78 is 0. The number of aliphatic hydroxyl groups is 1. The predicted molar refractivity (Wildman–Crippen MR) is 63.8 cm³/mol. The van der Waals surface area contributed by atoms with Crippen LogP contribution in [0.15, 0.2) is 24.3 Å². The topological polar surface area (TPSA) is 32.3 Å². The Balaban J connectivity index is 2.31. The maximum atomic E-state index is 8.86. The third-order valence-corrected chi connectivity index (χ3v) is 2.56. The summed E-state index contributed by atoms with van der Waals surface area (Å²) in [5.74, 6) is 0.333. The van der Waals surface area contributed by atoms with Crippen molar-refractivity contribution in [1.29, 1.82) is 0 Å². The van der Waals surface area contributed by atoms with Crippen LogP contribution >= 0.6 is 0 Å². The average Bonchev–Trinajstić information content (AvgIpc) is 2.29. The zero-order chi connectivity index (χ0) is 11.1. The summed E-state index contributed by atoms with van der Waals surface area (Å²) in [6.45, 7) is 6.20. The monoisotopic (exact) mass is 207 g/mol. The highest BCUT2D eigenvalue weighted by atomic mass is 16.3. The number of hydrogen-bond acceptors (Lipinski definition) is 2. The van der Waals surface area contributed by atoms with Crippen molar-refractivity contribution in [1.82, 2.24) is 5.32 Å². The smallest absolute Gasteiger partial charge is 0.0468 e. The number of nitrogens with one attached hydrogen (secondary N) is 1. The highest BCUT2D eigenvalue weighted by molar-refractivity contribution is 5.22. The molecule has 0 aliphatic rings. The van der Waals surface area contributed by atoms with Crippen LogP contribution in [0.5, 0.6) is 0 Å². The minimum atomic E-state index is 0.252. The van der Waals surface area contributed by atoms with Crippen LogP contribution in [0.1, 0.15) is 25.0 Å². The molecule has 0 aliphatic heterocycles. The molecule has 1 unspecified atom stereocenters. The Hall–Kier alpha value is -0.860. The van der Waals surface area contributed by atoms with Crippen LogP contribution in [0.3, 0.4) is 0 Å². The molecule has 0 spiro atoms. The van der Waals surface area contributed by atoms with Gasteiger partial charge in [0.25, 0.3) is 0 Å². The van der Waals surface area contributed by atoms with Crippen molar-refractivity contribution in [2.24, 2.45) is 5.92 Å². The number of aliphatic hydroxyl groups excluding tert-OH is 1. The largest absolute Gasteiger partial charge is 0.396 e. The standard InChI is InChI=1S/C13H21NO/c1-3-12-4-6-13(7-5-12)9-14-8-11(2)10-15/h4-7,11,14-15H,3,8-10H2,1-2H3. The number of hydrogen-bond donors (Lipinski definition) is 2. The average molecular weight is 207 g/mol. The molecule has 1 aromatic carbocycles. The molecule has 84 valence electrons. The summed E-state index contributed by atoms with van der Waals surface area (Å²) in [6, 6.07) is 8.67. The van der Waals surface area contributed by atoms with Crippen molar-refractivity contribution in [2.45, 2.75) is 26.8 Å². The van der Waals surface area contributed by atoms with E-state index >= 15 is 0 Å². The predicted octanol–water partition coefficient (Wildman–Crippen LogP) is 1.97. The normalized spacial score (nSPS) is 12.7. The lowest BCUT2D eigenvalue weighted by atomic mass is 10.1.